The maximum Gasteiger partial charge on any atom is 0.325 e. The van der Waals surface area contributed by atoms with Crippen molar-refractivity contribution >= 4 is 0 Å². The molecule has 1 fully saturated rings. The number of hydrogen-bond acceptors (Lipinski definition) is 7. The maximum absolute atomic E-state index is 10.2. The number of nitrogens with one attached hydrogen (secondary N) is 2. The number of aliphatic hydroxyl groups excluding tert-OH is 4. The van der Waals surface area contributed by atoms with Crippen LogP contribution in [-0.4, -0.2) is 61.6 Å². The lowest BCUT2D eigenvalue weighted by Crippen LogP contribution is -2.33. The molecule has 0 radical (unpaired) electrons. The van der Waals surface area contributed by atoms with Crippen LogP contribution in [0.25, 0.3) is 0 Å². The molecular formula is C9H14N2O7. The Balaban J connectivity index is 0.000000184. The van der Waals surface area contributed by atoms with Crippen LogP contribution in [0, 0.1) is 0 Å². The van der Waals surface area contributed by atoms with Crippen LogP contribution in [0.15, 0.2) is 21.9 Å². The van der Waals surface area contributed by atoms with Crippen LogP contribution >= 0.6 is 0 Å². The average molecular weight is 262 g/mol. The van der Waals surface area contributed by atoms with E-state index in [2.05, 4.69) is 9.72 Å². The van der Waals surface area contributed by atoms with Crippen LogP contribution in [0.1, 0.15) is 0 Å². The van der Waals surface area contributed by atoms with E-state index in [0.717, 1.165) is 0 Å². The van der Waals surface area contributed by atoms with Crippen molar-refractivity contribution in [2.45, 2.75) is 24.6 Å². The topological polar surface area (TPSA) is 156 Å². The van der Waals surface area contributed by atoms with E-state index >= 15 is 0 Å². The van der Waals surface area contributed by atoms with Gasteiger partial charge in [0, 0.05) is 12.3 Å². The van der Waals surface area contributed by atoms with E-state index in [1.54, 1.807) is 0 Å². The first kappa shape index (κ1) is 14.5. The van der Waals surface area contributed by atoms with Crippen molar-refractivity contribution in [2.75, 3.05) is 6.61 Å². The van der Waals surface area contributed by atoms with Gasteiger partial charge in [0.15, 0.2) is 6.29 Å². The highest BCUT2D eigenvalue weighted by molar-refractivity contribution is 4.84. The molecule has 1 aliphatic heterocycles. The Kier molecular flexibility index (Phi) is 5.19. The van der Waals surface area contributed by atoms with Crippen LogP contribution in [0.2, 0.25) is 0 Å². The number of aliphatic hydroxyl groups is 4. The lowest BCUT2D eigenvalue weighted by atomic mass is 10.1. The minimum absolute atomic E-state index is 0.381. The van der Waals surface area contributed by atoms with Crippen LogP contribution < -0.4 is 11.2 Å². The smallest absolute Gasteiger partial charge is 0.325 e. The largest absolute Gasteiger partial charge is 0.394 e. The summed E-state index contributed by atoms with van der Waals surface area (Å²) in [5, 5.41) is 35.0. The Bertz CT molecular complexity index is 445. The van der Waals surface area contributed by atoms with Gasteiger partial charge in [-0.15, -0.1) is 0 Å². The summed E-state index contributed by atoms with van der Waals surface area (Å²) in [6.07, 6.45) is -3.46. The second-order valence-corrected chi connectivity index (χ2v) is 3.52. The van der Waals surface area contributed by atoms with Crippen molar-refractivity contribution < 1.29 is 25.2 Å². The summed E-state index contributed by atoms with van der Waals surface area (Å²) in [5.41, 5.74) is -0.855. The zero-order chi connectivity index (χ0) is 13.7. The lowest BCUT2D eigenvalue weighted by Gasteiger charge is -2.09. The van der Waals surface area contributed by atoms with E-state index < -0.39 is 36.9 Å². The average Bonchev–Trinajstić information content (AvgIpc) is 2.57. The first-order valence-corrected chi connectivity index (χ1v) is 5.04. The molecule has 0 saturated carbocycles. The van der Waals surface area contributed by atoms with E-state index in [9.17, 15) is 9.59 Å². The number of ether oxygens (including phenoxy) is 1. The molecule has 6 N–H and O–H groups in total. The van der Waals surface area contributed by atoms with E-state index in [4.69, 9.17) is 20.4 Å². The van der Waals surface area contributed by atoms with Crippen LogP contribution in [0.5, 0.6) is 0 Å². The first-order valence-electron chi connectivity index (χ1n) is 5.04. The Hall–Kier alpha value is -1.52. The number of H-pyrrole nitrogens is 2. The fraction of sp³-hybridized carbons (Fsp3) is 0.556. The molecule has 1 saturated heterocycles. The molecule has 1 aliphatic rings. The molecule has 0 unspecified atom stereocenters. The second kappa shape index (κ2) is 6.42. The van der Waals surface area contributed by atoms with Gasteiger partial charge in [-0.3, -0.25) is 9.78 Å². The molecule has 102 valence electrons. The predicted octanol–water partition coefficient (Wildman–Crippen LogP) is -3.52. The number of rotatable bonds is 1. The standard InChI is InChI=1S/C5H10O5.C4H4N2O2/c6-1-2-3(7)4(8)5(9)10-2;7-3-1-2-5-4(8)6-3/h2-9H,1H2;1-2H,(H2,5,6,7,8)/t2-,3-,4-,5-;/m1./s1. The summed E-state index contributed by atoms with van der Waals surface area (Å²) < 4.78 is 4.54. The third kappa shape index (κ3) is 3.75. The summed E-state index contributed by atoms with van der Waals surface area (Å²) in [5.74, 6) is 0. The van der Waals surface area contributed by atoms with E-state index in [0.29, 0.717) is 0 Å². The monoisotopic (exact) mass is 262 g/mol. The third-order valence-corrected chi connectivity index (χ3v) is 2.20. The summed E-state index contributed by atoms with van der Waals surface area (Å²) in [6.45, 7) is -0.407. The van der Waals surface area contributed by atoms with Gasteiger partial charge in [-0.1, -0.05) is 0 Å². The molecule has 18 heavy (non-hydrogen) atoms. The van der Waals surface area contributed by atoms with Gasteiger partial charge in [-0.25, -0.2) is 4.79 Å². The molecule has 0 bridgehead atoms. The van der Waals surface area contributed by atoms with Crippen molar-refractivity contribution in [1.29, 1.82) is 0 Å². The quantitative estimate of drug-likeness (QED) is 0.306. The van der Waals surface area contributed by atoms with E-state index in [-0.39, 0.29) is 5.56 Å². The van der Waals surface area contributed by atoms with Crippen molar-refractivity contribution in [1.82, 2.24) is 9.97 Å². The number of hydrogen-bond donors (Lipinski definition) is 6. The molecule has 4 atom stereocenters. The molecule has 9 nitrogen and oxygen atoms in total. The van der Waals surface area contributed by atoms with Crippen molar-refractivity contribution in [2.24, 2.45) is 0 Å². The molecule has 2 rings (SSSR count). The first-order chi connectivity index (χ1) is 8.45. The van der Waals surface area contributed by atoms with Gasteiger partial charge in [0.25, 0.3) is 5.56 Å². The Morgan fingerprint density at radius 2 is 1.89 bits per heavy atom. The number of aromatic amines is 2. The van der Waals surface area contributed by atoms with Crippen LogP contribution in [0.3, 0.4) is 0 Å². The molecule has 1 aromatic rings. The zero-order valence-electron chi connectivity index (χ0n) is 9.18. The summed E-state index contributed by atoms with van der Waals surface area (Å²) >= 11 is 0. The van der Waals surface area contributed by atoms with Gasteiger partial charge < -0.3 is 30.1 Å². The van der Waals surface area contributed by atoms with Gasteiger partial charge in [-0.2, -0.15) is 0 Å². The summed E-state index contributed by atoms with van der Waals surface area (Å²) in [6, 6.07) is 1.24. The minimum atomic E-state index is -1.38. The minimum Gasteiger partial charge on any atom is -0.394 e. The third-order valence-electron chi connectivity index (χ3n) is 2.20. The molecule has 0 amide bonds. The van der Waals surface area contributed by atoms with Gasteiger partial charge >= 0.3 is 5.69 Å². The highest BCUT2D eigenvalue weighted by Gasteiger charge is 2.41. The number of aromatic nitrogens is 2. The Labute approximate surface area is 100 Å². The molecule has 0 aromatic carbocycles. The normalized spacial score (nSPS) is 30.7. The molecule has 0 aliphatic carbocycles. The van der Waals surface area contributed by atoms with Gasteiger partial charge in [-0.05, 0) is 0 Å². The van der Waals surface area contributed by atoms with Crippen LogP contribution in [-0.2, 0) is 4.74 Å². The fourth-order valence-corrected chi connectivity index (χ4v) is 1.26. The van der Waals surface area contributed by atoms with Gasteiger partial charge in [0.05, 0.1) is 6.61 Å². The van der Waals surface area contributed by atoms with E-state index in [1.807, 2.05) is 4.98 Å². The SMILES string of the molecule is O=c1cc[nH]c(=O)[nH]1.OC[C@H]1O[C@@H](O)[C@H](O)[C@@H]1O. The van der Waals surface area contributed by atoms with Crippen molar-refractivity contribution in [3.63, 3.8) is 0 Å². The summed E-state index contributed by atoms with van der Waals surface area (Å²) in [7, 11) is 0. The predicted molar refractivity (Wildman–Crippen MR) is 57.7 cm³/mol. The molecule has 1 aromatic heterocycles. The van der Waals surface area contributed by atoms with Gasteiger partial charge in [0.1, 0.15) is 18.3 Å². The Morgan fingerprint density at radius 3 is 2.17 bits per heavy atom. The van der Waals surface area contributed by atoms with E-state index in [1.165, 1.54) is 12.3 Å². The maximum atomic E-state index is 10.2. The highest BCUT2D eigenvalue weighted by Crippen LogP contribution is 2.18. The molecule has 9 heteroatoms. The fourth-order valence-electron chi connectivity index (χ4n) is 1.26. The molecule has 0 spiro atoms. The summed E-state index contributed by atoms with van der Waals surface area (Å²) in [4.78, 5) is 24.7. The van der Waals surface area contributed by atoms with Crippen LogP contribution in [0.4, 0.5) is 0 Å². The zero-order valence-corrected chi connectivity index (χ0v) is 9.18. The van der Waals surface area contributed by atoms with Crippen molar-refractivity contribution in [3.8, 4) is 0 Å². The Morgan fingerprint density at radius 1 is 1.22 bits per heavy atom. The van der Waals surface area contributed by atoms with Gasteiger partial charge in [0.2, 0.25) is 0 Å². The van der Waals surface area contributed by atoms with Crippen molar-refractivity contribution in [3.05, 3.63) is 33.1 Å². The highest BCUT2D eigenvalue weighted by atomic mass is 16.6. The second-order valence-electron chi connectivity index (χ2n) is 3.52. The molecular weight excluding hydrogens is 248 g/mol. The molecule has 2 heterocycles. The lowest BCUT2D eigenvalue weighted by molar-refractivity contribution is -0.132.